The van der Waals surface area contributed by atoms with Crippen molar-refractivity contribution in [2.75, 3.05) is 17.0 Å². The fourth-order valence-electron chi connectivity index (χ4n) is 2.84. The van der Waals surface area contributed by atoms with E-state index < -0.39 is 21.8 Å². The van der Waals surface area contributed by atoms with Crippen LogP contribution in [0.3, 0.4) is 0 Å². The van der Waals surface area contributed by atoms with Gasteiger partial charge in [-0.05, 0) is 37.1 Å². The predicted molar refractivity (Wildman–Crippen MR) is 95.1 cm³/mol. The molecule has 2 aromatic rings. The van der Waals surface area contributed by atoms with Crippen molar-refractivity contribution in [2.24, 2.45) is 0 Å². The maximum Gasteiger partial charge on any atom is 0.261 e. The Bertz CT molecular complexity index is 912. The third kappa shape index (κ3) is 3.28. The highest BCUT2D eigenvalue weighted by Gasteiger charge is 2.35. The zero-order chi connectivity index (χ0) is 18.2. The number of amides is 2. The van der Waals surface area contributed by atoms with Gasteiger partial charge in [-0.25, -0.2) is 8.42 Å². The summed E-state index contributed by atoms with van der Waals surface area (Å²) in [6, 6.07) is 12.0. The van der Waals surface area contributed by atoms with E-state index in [1.807, 2.05) is 32.0 Å². The van der Waals surface area contributed by atoms with Crippen molar-refractivity contribution in [2.45, 2.75) is 13.8 Å². The summed E-state index contributed by atoms with van der Waals surface area (Å²) < 4.78 is 27.3. The molecule has 1 aliphatic heterocycles. The summed E-state index contributed by atoms with van der Waals surface area (Å²) >= 11 is 0. The molecule has 130 valence electrons. The molecule has 0 unspecified atom stereocenters. The molecule has 0 aromatic heterocycles. The van der Waals surface area contributed by atoms with Gasteiger partial charge in [0.25, 0.3) is 11.8 Å². The molecule has 0 saturated heterocycles. The number of carbonyl (C=O) groups excluding carboxylic acids is 2. The molecule has 1 heterocycles. The van der Waals surface area contributed by atoms with Gasteiger partial charge in [-0.1, -0.05) is 30.3 Å². The molecule has 1 aliphatic rings. The molecule has 3 rings (SSSR count). The molecule has 7 heteroatoms. The number of para-hydroxylation sites is 1. The summed E-state index contributed by atoms with van der Waals surface area (Å²) in [5, 5.41) is 0. The molecule has 0 fully saturated rings. The maximum absolute atomic E-state index is 12.4. The fraction of sp³-hybridized carbons (Fsp3) is 0.222. The second kappa shape index (κ2) is 6.33. The third-order valence-electron chi connectivity index (χ3n) is 4.20. The summed E-state index contributed by atoms with van der Waals surface area (Å²) in [6.07, 6.45) is 0. The standard InChI is InChI=1S/C18H18N2O4S/c1-12-6-5-7-13(2)16(12)19-25(23,24)11-10-20-17(21)14-8-3-4-9-15(14)18(20)22/h3-9,19H,10-11H2,1-2H3. The van der Waals surface area contributed by atoms with Crippen LogP contribution in [0.15, 0.2) is 42.5 Å². The van der Waals surface area contributed by atoms with E-state index >= 15 is 0 Å². The van der Waals surface area contributed by atoms with E-state index in [1.165, 1.54) is 0 Å². The lowest BCUT2D eigenvalue weighted by Crippen LogP contribution is -2.35. The quantitative estimate of drug-likeness (QED) is 0.832. The second-order valence-electron chi connectivity index (χ2n) is 6.00. The van der Waals surface area contributed by atoms with E-state index in [1.54, 1.807) is 24.3 Å². The molecular weight excluding hydrogens is 340 g/mol. The van der Waals surface area contributed by atoms with Crippen LogP contribution in [0.5, 0.6) is 0 Å². The first-order valence-electron chi connectivity index (χ1n) is 7.82. The van der Waals surface area contributed by atoms with Gasteiger partial charge in [-0.15, -0.1) is 0 Å². The first kappa shape index (κ1) is 17.2. The van der Waals surface area contributed by atoms with Gasteiger partial charge in [-0.2, -0.15) is 0 Å². The minimum Gasteiger partial charge on any atom is -0.283 e. The number of aryl methyl sites for hydroxylation is 2. The lowest BCUT2D eigenvalue weighted by molar-refractivity contribution is 0.0664. The smallest absolute Gasteiger partial charge is 0.261 e. The molecule has 6 nitrogen and oxygen atoms in total. The van der Waals surface area contributed by atoms with Crippen LogP contribution in [0.2, 0.25) is 0 Å². The normalized spacial score (nSPS) is 13.9. The van der Waals surface area contributed by atoms with Crippen molar-refractivity contribution >= 4 is 27.5 Å². The molecule has 0 bridgehead atoms. The van der Waals surface area contributed by atoms with Crippen molar-refractivity contribution < 1.29 is 18.0 Å². The number of rotatable bonds is 5. The molecule has 0 spiro atoms. The SMILES string of the molecule is Cc1cccc(C)c1NS(=O)(=O)CCN1C(=O)c2ccccc2C1=O. The van der Waals surface area contributed by atoms with Crippen LogP contribution in [0.1, 0.15) is 31.8 Å². The van der Waals surface area contributed by atoms with Crippen molar-refractivity contribution in [3.8, 4) is 0 Å². The number of benzene rings is 2. The molecule has 2 amide bonds. The number of carbonyl (C=O) groups is 2. The highest BCUT2D eigenvalue weighted by Crippen LogP contribution is 2.23. The highest BCUT2D eigenvalue weighted by molar-refractivity contribution is 7.92. The van der Waals surface area contributed by atoms with E-state index in [0.29, 0.717) is 16.8 Å². The number of anilines is 1. The summed E-state index contributed by atoms with van der Waals surface area (Å²) in [7, 11) is -3.70. The Hall–Kier alpha value is -2.67. The van der Waals surface area contributed by atoms with Crippen LogP contribution in [0.4, 0.5) is 5.69 Å². The van der Waals surface area contributed by atoms with Crippen LogP contribution in [0.25, 0.3) is 0 Å². The van der Waals surface area contributed by atoms with Crippen LogP contribution < -0.4 is 4.72 Å². The first-order valence-corrected chi connectivity index (χ1v) is 9.47. The Morgan fingerprint density at radius 2 is 1.40 bits per heavy atom. The van der Waals surface area contributed by atoms with Gasteiger partial charge in [0.1, 0.15) is 0 Å². The third-order valence-corrected chi connectivity index (χ3v) is 5.44. The van der Waals surface area contributed by atoms with E-state index in [2.05, 4.69) is 4.72 Å². The Labute approximate surface area is 146 Å². The first-order chi connectivity index (χ1) is 11.8. The van der Waals surface area contributed by atoms with Gasteiger partial charge in [0.05, 0.1) is 22.6 Å². The predicted octanol–water partition coefficient (Wildman–Crippen LogP) is 2.34. The Morgan fingerprint density at radius 1 is 0.880 bits per heavy atom. The van der Waals surface area contributed by atoms with Gasteiger partial charge >= 0.3 is 0 Å². The molecule has 25 heavy (non-hydrogen) atoms. The van der Waals surface area contributed by atoms with E-state index in [4.69, 9.17) is 0 Å². The lowest BCUT2D eigenvalue weighted by Gasteiger charge is -2.16. The Morgan fingerprint density at radius 3 is 1.92 bits per heavy atom. The molecule has 0 atom stereocenters. The highest BCUT2D eigenvalue weighted by atomic mass is 32.2. The van der Waals surface area contributed by atoms with E-state index in [-0.39, 0.29) is 12.3 Å². The Kier molecular flexibility index (Phi) is 4.34. The topological polar surface area (TPSA) is 83.6 Å². The van der Waals surface area contributed by atoms with Crippen LogP contribution in [0, 0.1) is 13.8 Å². The number of sulfonamides is 1. The van der Waals surface area contributed by atoms with Gasteiger partial charge in [-0.3, -0.25) is 19.2 Å². The molecule has 0 saturated carbocycles. The zero-order valence-corrected chi connectivity index (χ0v) is 14.8. The number of fused-ring (bicyclic) bond motifs is 1. The van der Waals surface area contributed by atoms with Gasteiger partial charge in [0, 0.05) is 6.54 Å². The summed E-state index contributed by atoms with van der Waals surface area (Å²) in [4.78, 5) is 25.5. The van der Waals surface area contributed by atoms with E-state index in [9.17, 15) is 18.0 Å². The van der Waals surface area contributed by atoms with Crippen molar-refractivity contribution in [1.29, 1.82) is 0 Å². The summed E-state index contributed by atoms with van der Waals surface area (Å²) in [6.45, 7) is 3.44. The van der Waals surface area contributed by atoms with Crippen molar-refractivity contribution in [3.63, 3.8) is 0 Å². The molecule has 2 aromatic carbocycles. The largest absolute Gasteiger partial charge is 0.283 e. The average Bonchev–Trinajstić information content (AvgIpc) is 2.81. The monoisotopic (exact) mass is 358 g/mol. The number of hydrogen-bond acceptors (Lipinski definition) is 4. The number of imide groups is 1. The van der Waals surface area contributed by atoms with Gasteiger partial charge < -0.3 is 0 Å². The van der Waals surface area contributed by atoms with Crippen LogP contribution >= 0.6 is 0 Å². The Balaban J connectivity index is 1.74. The minimum absolute atomic E-state index is 0.188. The number of hydrogen-bond donors (Lipinski definition) is 1. The van der Waals surface area contributed by atoms with Gasteiger partial charge in [0.2, 0.25) is 10.0 Å². The molecule has 0 aliphatic carbocycles. The van der Waals surface area contributed by atoms with E-state index in [0.717, 1.165) is 16.0 Å². The van der Waals surface area contributed by atoms with Gasteiger partial charge in [0.15, 0.2) is 0 Å². The number of nitrogens with one attached hydrogen (secondary N) is 1. The molecule has 1 N–H and O–H groups in total. The average molecular weight is 358 g/mol. The maximum atomic E-state index is 12.4. The second-order valence-corrected chi connectivity index (χ2v) is 7.84. The number of nitrogens with zero attached hydrogens (tertiary/aromatic N) is 1. The fourth-order valence-corrected chi connectivity index (χ4v) is 3.99. The summed E-state index contributed by atoms with van der Waals surface area (Å²) in [5.74, 6) is -1.27. The van der Waals surface area contributed by atoms with Crippen LogP contribution in [-0.4, -0.2) is 37.4 Å². The van der Waals surface area contributed by atoms with Crippen molar-refractivity contribution in [1.82, 2.24) is 4.90 Å². The molecule has 0 radical (unpaired) electrons. The van der Waals surface area contributed by atoms with Crippen molar-refractivity contribution in [3.05, 3.63) is 64.7 Å². The zero-order valence-electron chi connectivity index (χ0n) is 13.9. The molecular formula is C18H18N2O4S. The minimum atomic E-state index is -3.70. The lowest BCUT2D eigenvalue weighted by atomic mass is 10.1. The summed E-state index contributed by atoms with van der Waals surface area (Å²) in [5.41, 5.74) is 2.78. The van der Waals surface area contributed by atoms with Crippen LogP contribution in [-0.2, 0) is 10.0 Å².